The Morgan fingerprint density at radius 3 is 3.00 bits per heavy atom. The SMILES string of the molecule is Cl.O=C1CCCN1CCCNCc1ccc2[nH]ccc2c1. The van der Waals surface area contributed by atoms with Gasteiger partial charge in [0.25, 0.3) is 0 Å². The van der Waals surface area contributed by atoms with Crippen LogP contribution in [0.1, 0.15) is 24.8 Å². The number of hydrogen-bond acceptors (Lipinski definition) is 2. The molecular weight excluding hydrogens is 286 g/mol. The van der Waals surface area contributed by atoms with Crippen LogP contribution >= 0.6 is 12.4 Å². The second-order valence-corrected chi connectivity index (χ2v) is 5.41. The molecule has 0 atom stereocenters. The molecule has 0 unspecified atom stereocenters. The number of nitrogens with zero attached hydrogens (tertiary/aromatic N) is 1. The lowest BCUT2D eigenvalue weighted by Gasteiger charge is -2.15. The summed E-state index contributed by atoms with van der Waals surface area (Å²) in [6, 6.07) is 8.58. The van der Waals surface area contributed by atoms with Crippen molar-refractivity contribution in [3.8, 4) is 0 Å². The number of aromatic nitrogens is 1. The lowest BCUT2D eigenvalue weighted by molar-refractivity contribution is -0.127. The lowest BCUT2D eigenvalue weighted by Crippen LogP contribution is -2.28. The molecule has 21 heavy (non-hydrogen) atoms. The van der Waals surface area contributed by atoms with Crippen LogP contribution in [0.15, 0.2) is 30.5 Å². The van der Waals surface area contributed by atoms with Crippen molar-refractivity contribution in [2.45, 2.75) is 25.8 Å². The first kappa shape index (κ1) is 15.9. The number of nitrogens with one attached hydrogen (secondary N) is 2. The van der Waals surface area contributed by atoms with Gasteiger partial charge >= 0.3 is 0 Å². The Balaban J connectivity index is 0.00000161. The standard InChI is InChI=1S/C16H21N3O.ClH/c20-16-3-1-9-19(16)10-2-7-17-12-13-4-5-15-14(11-13)6-8-18-15;/h4-6,8,11,17-18H,1-3,7,9-10,12H2;1H. The average Bonchev–Trinajstić information content (AvgIpc) is 3.07. The lowest BCUT2D eigenvalue weighted by atomic mass is 10.1. The van der Waals surface area contributed by atoms with E-state index in [1.807, 2.05) is 11.1 Å². The van der Waals surface area contributed by atoms with Crippen LogP contribution in [0.25, 0.3) is 10.9 Å². The fourth-order valence-corrected chi connectivity index (χ4v) is 2.78. The predicted molar refractivity (Wildman–Crippen MR) is 87.7 cm³/mol. The van der Waals surface area contributed by atoms with Crippen LogP contribution in [0, 0.1) is 0 Å². The molecule has 1 aromatic carbocycles. The summed E-state index contributed by atoms with van der Waals surface area (Å²) in [5, 5.41) is 4.71. The van der Waals surface area contributed by atoms with E-state index in [0.717, 1.165) is 45.4 Å². The summed E-state index contributed by atoms with van der Waals surface area (Å²) < 4.78 is 0. The number of likely N-dealkylation sites (tertiary alicyclic amines) is 1. The molecule has 1 aliphatic heterocycles. The highest BCUT2D eigenvalue weighted by Gasteiger charge is 2.18. The van der Waals surface area contributed by atoms with Gasteiger partial charge in [-0.05, 0) is 48.5 Å². The van der Waals surface area contributed by atoms with Crippen molar-refractivity contribution in [1.82, 2.24) is 15.2 Å². The van der Waals surface area contributed by atoms with E-state index < -0.39 is 0 Å². The number of aromatic amines is 1. The molecule has 0 radical (unpaired) electrons. The molecule has 2 heterocycles. The van der Waals surface area contributed by atoms with Gasteiger partial charge in [-0.2, -0.15) is 0 Å². The van der Waals surface area contributed by atoms with Crippen molar-refractivity contribution in [3.63, 3.8) is 0 Å². The molecule has 1 amide bonds. The molecule has 1 aromatic heterocycles. The molecule has 1 fully saturated rings. The molecule has 1 aliphatic rings. The van der Waals surface area contributed by atoms with E-state index in [1.54, 1.807) is 0 Å². The number of rotatable bonds is 6. The van der Waals surface area contributed by atoms with Crippen LogP contribution in [0.4, 0.5) is 0 Å². The Morgan fingerprint density at radius 2 is 2.19 bits per heavy atom. The number of carbonyl (C=O) groups is 1. The third kappa shape index (κ3) is 3.99. The molecule has 0 saturated carbocycles. The monoisotopic (exact) mass is 307 g/mol. The highest BCUT2D eigenvalue weighted by Crippen LogP contribution is 2.14. The van der Waals surface area contributed by atoms with Gasteiger partial charge in [0.1, 0.15) is 0 Å². The van der Waals surface area contributed by atoms with Gasteiger partial charge in [0.2, 0.25) is 5.91 Å². The molecule has 2 aromatic rings. The Kier molecular flexibility index (Phi) is 5.65. The Hall–Kier alpha value is -1.52. The first-order valence-corrected chi connectivity index (χ1v) is 7.37. The Bertz CT molecular complexity index is 596. The minimum atomic E-state index is 0. The zero-order chi connectivity index (χ0) is 13.8. The van der Waals surface area contributed by atoms with E-state index >= 15 is 0 Å². The number of amides is 1. The first-order chi connectivity index (χ1) is 9.83. The van der Waals surface area contributed by atoms with Gasteiger partial charge in [-0.3, -0.25) is 4.79 Å². The number of benzene rings is 1. The molecule has 3 rings (SSSR count). The topological polar surface area (TPSA) is 48.1 Å². The van der Waals surface area contributed by atoms with Gasteiger partial charge in [0.05, 0.1) is 0 Å². The van der Waals surface area contributed by atoms with Crippen molar-refractivity contribution in [3.05, 3.63) is 36.0 Å². The summed E-state index contributed by atoms with van der Waals surface area (Å²) in [6.45, 7) is 3.68. The molecule has 0 bridgehead atoms. The number of H-pyrrole nitrogens is 1. The Morgan fingerprint density at radius 1 is 1.29 bits per heavy atom. The van der Waals surface area contributed by atoms with E-state index in [9.17, 15) is 4.79 Å². The first-order valence-electron chi connectivity index (χ1n) is 7.37. The molecule has 1 saturated heterocycles. The van der Waals surface area contributed by atoms with Crippen LogP contribution in [0.3, 0.4) is 0 Å². The Labute approximate surface area is 131 Å². The van der Waals surface area contributed by atoms with Gasteiger partial charge < -0.3 is 15.2 Å². The zero-order valence-electron chi connectivity index (χ0n) is 12.1. The fraction of sp³-hybridized carbons (Fsp3) is 0.438. The molecule has 0 aliphatic carbocycles. The number of hydrogen-bond donors (Lipinski definition) is 2. The second-order valence-electron chi connectivity index (χ2n) is 5.41. The molecule has 0 spiro atoms. The maximum atomic E-state index is 11.5. The average molecular weight is 308 g/mol. The van der Waals surface area contributed by atoms with Crippen LogP contribution in [0.5, 0.6) is 0 Å². The normalized spacial score (nSPS) is 14.7. The van der Waals surface area contributed by atoms with E-state index in [4.69, 9.17) is 0 Å². The number of halogens is 1. The van der Waals surface area contributed by atoms with Gasteiger partial charge in [0, 0.05) is 37.8 Å². The maximum absolute atomic E-state index is 11.5. The van der Waals surface area contributed by atoms with Crippen molar-refractivity contribution in [1.29, 1.82) is 0 Å². The second kappa shape index (κ2) is 7.48. The van der Waals surface area contributed by atoms with Gasteiger partial charge in [-0.25, -0.2) is 0 Å². The molecule has 4 nitrogen and oxygen atoms in total. The number of fused-ring (bicyclic) bond motifs is 1. The number of carbonyl (C=O) groups excluding carboxylic acids is 1. The van der Waals surface area contributed by atoms with Crippen LogP contribution < -0.4 is 5.32 Å². The van der Waals surface area contributed by atoms with Crippen molar-refractivity contribution in [2.24, 2.45) is 0 Å². The molecule has 114 valence electrons. The van der Waals surface area contributed by atoms with Crippen LogP contribution in [0.2, 0.25) is 0 Å². The smallest absolute Gasteiger partial charge is 0.222 e. The largest absolute Gasteiger partial charge is 0.361 e. The van der Waals surface area contributed by atoms with E-state index in [1.165, 1.54) is 16.5 Å². The van der Waals surface area contributed by atoms with Gasteiger partial charge in [-0.15, -0.1) is 12.4 Å². The van der Waals surface area contributed by atoms with E-state index in [2.05, 4.69) is 34.6 Å². The minimum absolute atomic E-state index is 0. The highest BCUT2D eigenvalue weighted by atomic mass is 35.5. The quantitative estimate of drug-likeness (QED) is 0.806. The van der Waals surface area contributed by atoms with Crippen molar-refractivity contribution in [2.75, 3.05) is 19.6 Å². The molecule has 5 heteroatoms. The summed E-state index contributed by atoms with van der Waals surface area (Å²) in [7, 11) is 0. The summed E-state index contributed by atoms with van der Waals surface area (Å²) in [5.74, 6) is 0.322. The fourth-order valence-electron chi connectivity index (χ4n) is 2.78. The predicted octanol–water partition coefficient (Wildman–Crippen LogP) is 2.69. The van der Waals surface area contributed by atoms with Crippen molar-refractivity contribution >= 4 is 29.2 Å². The van der Waals surface area contributed by atoms with E-state index in [0.29, 0.717) is 5.91 Å². The van der Waals surface area contributed by atoms with E-state index in [-0.39, 0.29) is 12.4 Å². The summed E-state index contributed by atoms with van der Waals surface area (Å²) >= 11 is 0. The van der Waals surface area contributed by atoms with Gasteiger partial charge in [0.15, 0.2) is 0 Å². The maximum Gasteiger partial charge on any atom is 0.222 e. The summed E-state index contributed by atoms with van der Waals surface area (Å²) in [6.07, 6.45) is 4.76. The third-order valence-electron chi connectivity index (χ3n) is 3.90. The molecular formula is C16H22ClN3O. The minimum Gasteiger partial charge on any atom is -0.361 e. The van der Waals surface area contributed by atoms with Gasteiger partial charge in [-0.1, -0.05) is 6.07 Å². The third-order valence-corrected chi connectivity index (χ3v) is 3.90. The summed E-state index contributed by atoms with van der Waals surface area (Å²) in [5.41, 5.74) is 2.48. The van der Waals surface area contributed by atoms with Crippen LogP contribution in [-0.2, 0) is 11.3 Å². The summed E-state index contributed by atoms with van der Waals surface area (Å²) in [4.78, 5) is 16.6. The van der Waals surface area contributed by atoms with Crippen molar-refractivity contribution < 1.29 is 4.79 Å². The van der Waals surface area contributed by atoms with Crippen LogP contribution in [-0.4, -0.2) is 35.4 Å². The highest BCUT2D eigenvalue weighted by molar-refractivity contribution is 5.85. The zero-order valence-corrected chi connectivity index (χ0v) is 12.9. The molecule has 2 N–H and O–H groups in total.